The van der Waals surface area contributed by atoms with Gasteiger partial charge in [-0.3, -0.25) is 20.4 Å². The number of hydrogen-bond acceptors (Lipinski definition) is 4. The summed E-state index contributed by atoms with van der Waals surface area (Å²) in [6.45, 7) is 7.24. The van der Waals surface area contributed by atoms with Crippen molar-refractivity contribution in [2.24, 2.45) is 0 Å². The summed E-state index contributed by atoms with van der Waals surface area (Å²) in [5.41, 5.74) is 7.73. The van der Waals surface area contributed by atoms with E-state index in [9.17, 15) is 9.59 Å². The highest BCUT2D eigenvalue weighted by molar-refractivity contribution is 5.85. The quantitative estimate of drug-likeness (QED) is 0.780. The van der Waals surface area contributed by atoms with Gasteiger partial charge in [-0.1, -0.05) is 29.8 Å². The van der Waals surface area contributed by atoms with Crippen LogP contribution >= 0.6 is 0 Å². The molecule has 0 saturated carbocycles. The van der Waals surface area contributed by atoms with Crippen molar-refractivity contribution in [3.05, 3.63) is 59.2 Å². The molecule has 0 fully saturated rings. The molecule has 6 heteroatoms. The summed E-state index contributed by atoms with van der Waals surface area (Å²) in [5.74, 6) is 0.317. The summed E-state index contributed by atoms with van der Waals surface area (Å²) in [7, 11) is 0. The fourth-order valence-electron chi connectivity index (χ4n) is 2.13. The SMILES string of the molecule is Cc1ccc(OCC(=O)NNC(=O)C(C)Oc2cc(C)ccc2C)cc1. The van der Waals surface area contributed by atoms with Gasteiger partial charge in [-0.05, 0) is 57.0 Å². The normalized spacial score (nSPS) is 11.4. The fourth-order valence-corrected chi connectivity index (χ4v) is 2.13. The van der Waals surface area contributed by atoms with E-state index < -0.39 is 17.9 Å². The Hall–Kier alpha value is -3.02. The lowest BCUT2D eigenvalue weighted by Crippen LogP contribution is -2.48. The van der Waals surface area contributed by atoms with Crippen LogP contribution in [0.2, 0.25) is 0 Å². The third kappa shape index (κ3) is 5.81. The highest BCUT2D eigenvalue weighted by Gasteiger charge is 2.16. The Balaban J connectivity index is 1.77. The molecular formula is C20H24N2O4. The van der Waals surface area contributed by atoms with E-state index in [0.717, 1.165) is 16.7 Å². The summed E-state index contributed by atoms with van der Waals surface area (Å²) in [6, 6.07) is 13.1. The van der Waals surface area contributed by atoms with Crippen LogP contribution in [0.3, 0.4) is 0 Å². The molecule has 2 rings (SSSR count). The van der Waals surface area contributed by atoms with Gasteiger partial charge in [0.1, 0.15) is 11.5 Å². The molecule has 0 aliphatic rings. The number of benzene rings is 2. The molecule has 0 radical (unpaired) electrons. The van der Waals surface area contributed by atoms with Gasteiger partial charge in [-0.25, -0.2) is 0 Å². The van der Waals surface area contributed by atoms with Crippen LogP contribution < -0.4 is 20.3 Å². The topological polar surface area (TPSA) is 76.7 Å². The molecule has 0 aliphatic carbocycles. The van der Waals surface area contributed by atoms with Crippen LogP contribution in [0.15, 0.2) is 42.5 Å². The molecule has 0 aliphatic heterocycles. The Labute approximate surface area is 153 Å². The van der Waals surface area contributed by atoms with Crippen molar-refractivity contribution in [2.45, 2.75) is 33.8 Å². The van der Waals surface area contributed by atoms with Crippen LogP contribution in [0.5, 0.6) is 11.5 Å². The number of hydrazine groups is 1. The Kier molecular flexibility index (Phi) is 6.60. The summed E-state index contributed by atoms with van der Waals surface area (Å²) in [5, 5.41) is 0. The first kappa shape index (κ1) is 19.3. The van der Waals surface area contributed by atoms with Crippen molar-refractivity contribution in [1.29, 1.82) is 0 Å². The lowest BCUT2D eigenvalue weighted by molar-refractivity contribution is -0.133. The molecule has 6 nitrogen and oxygen atoms in total. The van der Waals surface area contributed by atoms with Crippen LogP contribution in [-0.2, 0) is 9.59 Å². The van der Waals surface area contributed by atoms with Crippen molar-refractivity contribution in [3.63, 3.8) is 0 Å². The average molecular weight is 356 g/mol. The zero-order valence-electron chi connectivity index (χ0n) is 15.5. The van der Waals surface area contributed by atoms with Gasteiger partial charge in [0.15, 0.2) is 12.7 Å². The van der Waals surface area contributed by atoms with Crippen molar-refractivity contribution >= 4 is 11.8 Å². The second-order valence-electron chi connectivity index (χ2n) is 6.17. The molecule has 26 heavy (non-hydrogen) atoms. The average Bonchev–Trinajstić information content (AvgIpc) is 2.62. The maximum Gasteiger partial charge on any atom is 0.279 e. The van der Waals surface area contributed by atoms with Crippen molar-refractivity contribution in [1.82, 2.24) is 10.9 Å². The van der Waals surface area contributed by atoms with Crippen molar-refractivity contribution in [2.75, 3.05) is 6.61 Å². The molecule has 2 N–H and O–H groups in total. The van der Waals surface area contributed by atoms with Gasteiger partial charge in [0.25, 0.3) is 11.8 Å². The zero-order chi connectivity index (χ0) is 19.1. The molecule has 0 saturated heterocycles. The van der Waals surface area contributed by atoms with Gasteiger partial charge < -0.3 is 9.47 Å². The molecule has 1 atom stereocenters. The van der Waals surface area contributed by atoms with Crippen LogP contribution in [0, 0.1) is 20.8 Å². The zero-order valence-corrected chi connectivity index (χ0v) is 15.5. The molecule has 2 aromatic rings. The number of hydrogen-bond donors (Lipinski definition) is 2. The van der Waals surface area contributed by atoms with Gasteiger partial charge in [-0.15, -0.1) is 0 Å². The van der Waals surface area contributed by atoms with E-state index in [4.69, 9.17) is 9.47 Å². The highest BCUT2D eigenvalue weighted by atomic mass is 16.5. The molecule has 0 heterocycles. The first-order chi connectivity index (χ1) is 12.3. The molecule has 0 spiro atoms. The van der Waals surface area contributed by atoms with Gasteiger partial charge in [-0.2, -0.15) is 0 Å². The first-order valence-corrected chi connectivity index (χ1v) is 8.37. The van der Waals surface area contributed by atoms with Crippen LogP contribution in [0.25, 0.3) is 0 Å². The molecular weight excluding hydrogens is 332 g/mol. The second kappa shape index (κ2) is 8.89. The number of ether oxygens (including phenoxy) is 2. The maximum absolute atomic E-state index is 12.1. The van der Waals surface area contributed by atoms with Gasteiger partial charge >= 0.3 is 0 Å². The number of rotatable bonds is 6. The lowest BCUT2D eigenvalue weighted by Gasteiger charge is -2.17. The van der Waals surface area contributed by atoms with Crippen LogP contribution in [0.4, 0.5) is 0 Å². The molecule has 0 aromatic heterocycles. The highest BCUT2D eigenvalue weighted by Crippen LogP contribution is 2.20. The van der Waals surface area contributed by atoms with E-state index in [1.807, 2.05) is 51.1 Å². The predicted molar refractivity (Wildman–Crippen MR) is 99.0 cm³/mol. The minimum Gasteiger partial charge on any atom is -0.484 e. The van der Waals surface area contributed by atoms with Gasteiger partial charge in [0.2, 0.25) is 0 Å². The van der Waals surface area contributed by atoms with E-state index in [2.05, 4.69) is 10.9 Å². The van der Waals surface area contributed by atoms with E-state index >= 15 is 0 Å². The summed E-state index contributed by atoms with van der Waals surface area (Å²) in [6.07, 6.45) is -0.756. The largest absolute Gasteiger partial charge is 0.484 e. The number of carbonyl (C=O) groups is 2. The molecule has 0 bridgehead atoms. The Morgan fingerprint density at radius 1 is 0.962 bits per heavy atom. The van der Waals surface area contributed by atoms with E-state index in [1.54, 1.807) is 19.1 Å². The van der Waals surface area contributed by atoms with Crippen LogP contribution in [-0.4, -0.2) is 24.5 Å². The third-order valence-electron chi connectivity index (χ3n) is 3.73. The molecule has 1 unspecified atom stereocenters. The summed E-state index contributed by atoms with van der Waals surface area (Å²) >= 11 is 0. The van der Waals surface area contributed by atoms with E-state index in [1.165, 1.54) is 0 Å². The lowest BCUT2D eigenvalue weighted by atomic mass is 10.1. The number of aryl methyl sites for hydroxylation is 3. The Morgan fingerprint density at radius 3 is 2.31 bits per heavy atom. The second-order valence-corrected chi connectivity index (χ2v) is 6.17. The Morgan fingerprint density at radius 2 is 1.62 bits per heavy atom. The number of carbonyl (C=O) groups excluding carboxylic acids is 2. The van der Waals surface area contributed by atoms with E-state index in [0.29, 0.717) is 11.5 Å². The predicted octanol–water partition coefficient (Wildman–Crippen LogP) is 2.61. The standard InChI is InChI=1S/C20H24N2O4/c1-13-6-9-17(10-7-13)25-12-19(23)21-22-20(24)16(4)26-18-11-14(2)5-8-15(18)3/h5-11,16H,12H2,1-4H3,(H,21,23)(H,22,24). The molecule has 138 valence electrons. The van der Waals surface area contributed by atoms with Gasteiger partial charge in [0, 0.05) is 0 Å². The minimum absolute atomic E-state index is 0.199. The molecule has 2 amide bonds. The molecule has 2 aromatic carbocycles. The summed E-state index contributed by atoms with van der Waals surface area (Å²) < 4.78 is 11.0. The summed E-state index contributed by atoms with van der Waals surface area (Å²) in [4.78, 5) is 23.8. The van der Waals surface area contributed by atoms with Crippen molar-refractivity contribution in [3.8, 4) is 11.5 Å². The van der Waals surface area contributed by atoms with Gasteiger partial charge in [0.05, 0.1) is 0 Å². The smallest absolute Gasteiger partial charge is 0.279 e. The van der Waals surface area contributed by atoms with E-state index in [-0.39, 0.29) is 6.61 Å². The third-order valence-corrected chi connectivity index (χ3v) is 3.73. The Bertz CT molecular complexity index is 772. The van der Waals surface area contributed by atoms with Crippen LogP contribution in [0.1, 0.15) is 23.6 Å². The fraction of sp³-hybridized carbons (Fsp3) is 0.300. The minimum atomic E-state index is -0.756. The number of amides is 2. The first-order valence-electron chi connectivity index (χ1n) is 8.37. The monoisotopic (exact) mass is 356 g/mol. The van der Waals surface area contributed by atoms with Crippen molar-refractivity contribution < 1.29 is 19.1 Å². The number of nitrogens with one attached hydrogen (secondary N) is 2. The maximum atomic E-state index is 12.1.